The van der Waals surface area contributed by atoms with Crippen LogP contribution in [0.2, 0.25) is 0 Å². The van der Waals surface area contributed by atoms with Gasteiger partial charge in [0.2, 0.25) is 35.4 Å². The van der Waals surface area contributed by atoms with E-state index in [-0.39, 0.29) is 23.4 Å². The highest BCUT2D eigenvalue weighted by Crippen LogP contribution is 2.30. The van der Waals surface area contributed by atoms with Crippen LogP contribution in [0.15, 0.2) is 97.1 Å². The number of rotatable bonds is 14. The lowest BCUT2D eigenvalue weighted by atomic mass is 9.96. The minimum atomic E-state index is -2.26. The van der Waals surface area contributed by atoms with E-state index in [0.717, 1.165) is 70.9 Å². The van der Waals surface area contributed by atoms with Gasteiger partial charge in [0.05, 0.1) is 37.1 Å². The maximum absolute atomic E-state index is 14.5. The summed E-state index contributed by atoms with van der Waals surface area (Å²) < 4.78 is 5.85. The summed E-state index contributed by atoms with van der Waals surface area (Å²) in [5.74, 6) is -7.90. The molecular weight excluding hydrogens is 1050 g/mol. The van der Waals surface area contributed by atoms with Crippen molar-refractivity contribution in [2.24, 2.45) is 5.92 Å². The molecule has 3 aliphatic heterocycles. The molecule has 436 valence electrons. The lowest BCUT2D eigenvalue weighted by molar-refractivity contribution is -0.147. The first-order valence-corrected chi connectivity index (χ1v) is 27.2. The number of aromatic hydroxyl groups is 1. The number of unbranched alkanes of at least 4 members (excludes halogenated alkanes) is 2. The van der Waals surface area contributed by atoms with Gasteiger partial charge in [0.25, 0.3) is 5.91 Å². The van der Waals surface area contributed by atoms with Crippen LogP contribution in [0.4, 0.5) is 0 Å². The number of ether oxygens (including phenoxy) is 1. The number of fused-ring (bicyclic) bond motifs is 2. The quantitative estimate of drug-likeness (QED) is 0.0725. The molecule has 0 spiro atoms. The van der Waals surface area contributed by atoms with Gasteiger partial charge >= 0.3 is 0 Å². The van der Waals surface area contributed by atoms with E-state index in [1.54, 1.807) is 12.1 Å². The van der Waals surface area contributed by atoms with Crippen LogP contribution in [-0.4, -0.2) is 191 Å². The summed E-state index contributed by atoms with van der Waals surface area (Å²) in [7, 11) is 0. The normalized spacial score (nSPS) is 26.8. The summed E-state index contributed by atoms with van der Waals surface area (Å²) in [4.78, 5) is 102. The molecule has 4 aromatic carbocycles. The number of aliphatic hydroxyl groups is 7. The van der Waals surface area contributed by atoms with Crippen molar-refractivity contribution in [1.82, 2.24) is 36.4 Å². The van der Waals surface area contributed by atoms with Crippen LogP contribution in [0.1, 0.15) is 81.8 Å². The van der Waals surface area contributed by atoms with Crippen LogP contribution in [0, 0.1) is 5.92 Å². The molecule has 4 aromatic rings. The van der Waals surface area contributed by atoms with E-state index in [2.05, 4.69) is 33.5 Å². The lowest BCUT2D eigenvalue weighted by Crippen LogP contribution is -2.64. The van der Waals surface area contributed by atoms with Crippen molar-refractivity contribution in [3.05, 3.63) is 108 Å². The molecule has 23 heteroatoms. The van der Waals surface area contributed by atoms with Gasteiger partial charge < -0.3 is 82.0 Å². The van der Waals surface area contributed by atoms with Crippen LogP contribution in [0.3, 0.4) is 0 Å². The minimum Gasteiger partial charge on any atom is -0.508 e. The van der Waals surface area contributed by atoms with Gasteiger partial charge in [-0.05, 0) is 84.5 Å². The fourth-order valence-electron chi connectivity index (χ4n) is 10.2. The largest absolute Gasteiger partial charge is 0.508 e. The molecule has 3 aliphatic rings. The molecule has 81 heavy (non-hydrogen) atoms. The van der Waals surface area contributed by atoms with Gasteiger partial charge in [0.15, 0.2) is 0 Å². The van der Waals surface area contributed by atoms with Crippen molar-refractivity contribution in [2.45, 2.75) is 139 Å². The van der Waals surface area contributed by atoms with Gasteiger partial charge in [-0.25, -0.2) is 0 Å². The summed E-state index contributed by atoms with van der Waals surface area (Å²) >= 11 is 0. The second-order valence-corrected chi connectivity index (χ2v) is 21.2. The molecule has 13 N–H and O–H groups in total. The molecule has 3 saturated heterocycles. The number of benzene rings is 4. The second kappa shape index (κ2) is 27.3. The van der Waals surface area contributed by atoms with Crippen molar-refractivity contribution in [2.75, 3.05) is 26.2 Å². The lowest BCUT2D eigenvalue weighted by Gasteiger charge is -2.34. The average molecular weight is 1120 g/mol. The summed E-state index contributed by atoms with van der Waals surface area (Å²) in [6.07, 6.45) is -10.2. The first-order valence-electron chi connectivity index (χ1n) is 27.2. The number of aliphatic hydroxyl groups excluding tert-OH is 7. The average Bonchev–Trinajstić information content (AvgIpc) is 4.09. The monoisotopic (exact) mass is 1120 g/mol. The minimum absolute atomic E-state index is 0.0534. The molecule has 14 atom stereocenters. The Bertz CT molecular complexity index is 2840. The molecule has 5 unspecified atom stereocenters. The molecule has 0 aliphatic carbocycles. The molecule has 3 heterocycles. The fourth-order valence-corrected chi connectivity index (χ4v) is 10.2. The highest BCUT2D eigenvalue weighted by atomic mass is 16.5. The third kappa shape index (κ3) is 14.9. The molecular formula is C58H73N7O16. The number of phenolic OH excluding ortho intramolecular Hbond substituents is 1. The Labute approximate surface area is 468 Å². The van der Waals surface area contributed by atoms with Crippen molar-refractivity contribution < 1.29 is 79.2 Å². The Morgan fingerprint density at radius 3 is 1.74 bits per heavy atom. The zero-order chi connectivity index (χ0) is 58.8. The number of carbonyl (C=O) groups excluding carboxylic acids is 7. The van der Waals surface area contributed by atoms with Gasteiger partial charge in [-0.1, -0.05) is 87.4 Å². The third-order valence-corrected chi connectivity index (χ3v) is 14.9. The maximum Gasteiger partial charge on any atom is 0.251 e. The Morgan fingerprint density at radius 2 is 1.17 bits per heavy atom. The Balaban J connectivity index is 1.16. The molecule has 0 bridgehead atoms. The van der Waals surface area contributed by atoms with E-state index in [9.17, 15) is 74.4 Å². The van der Waals surface area contributed by atoms with Crippen LogP contribution in [0.25, 0.3) is 22.3 Å². The predicted molar refractivity (Wildman–Crippen MR) is 292 cm³/mol. The molecule has 23 nitrogen and oxygen atoms in total. The second-order valence-electron chi connectivity index (χ2n) is 21.2. The summed E-state index contributed by atoms with van der Waals surface area (Å²) in [5, 5.41) is 100. The van der Waals surface area contributed by atoms with Gasteiger partial charge in [-0.15, -0.1) is 0 Å². The van der Waals surface area contributed by atoms with Gasteiger partial charge in [0, 0.05) is 44.0 Å². The van der Waals surface area contributed by atoms with Crippen LogP contribution < -0.4 is 31.3 Å². The molecule has 0 saturated carbocycles. The molecule has 3 fully saturated rings. The van der Waals surface area contributed by atoms with E-state index in [1.165, 1.54) is 43.3 Å². The standard InChI is InChI=1S/C58H73N7O16/c1-5-6-7-24-81-42-22-18-36(19-23-42)34-10-8-33(9-11-34)35-12-14-38(15-13-35)52(74)60-43-25-40(69)27-59-56(78)48-49(71)30(2)28-65(48)58(80)46(32(4)67)62-55(77)47(51(73)50(72)37-16-20-39(68)21-17-37)63-54(76)44-26-41(70)29-64(44)57(79)45(31(3)66)61-53(43)75/h8-23,30-32,40-41,43-51,66-73H,5-7,24-29H2,1-4H3,(H,59,78)(H,60,74)(H,61,75)(H,62,77)(H,63,76)/t30-,31+,32+,40+,41+,43-,44?,45?,46?,47?,48?,49-,50-,51-/m0/s1. The van der Waals surface area contributed by atoms with Crippen molar-refractivity contribution >= 4 is 41.4 Å². The molecule has 0 aromatic heterocycles. The molecule has 0 radical (unpaired) electrons. The van der Waals surface area contributed by atoms with Crippen molar-refractivity contribution in [1.29, 1.82) is 0 Å². The Morgan fingerprint density at radius 1 is 0.642 bits per heavy atom. The van der Waals surface area contributed by atoms with E-state index < -0.39 is 152 Å². The number of hydrogen-bond donors (Lipinski definition) is 13. The highest BCUT2D eigenvalue weighted by Gasteiger charge is 2.50. The van der Waals surface area contributed by atoms with Gasteiger partial charge in [-0.3, -0.25) is 33.6 Å². The molecule has 7 amide bonds. The van der Waals surface area contributed by atoms with Gasteiger partial charge in [0.1, 0.15) is 60.0 Å². The van der Waals surface area contributed by atoms with Crippen LogP contribution >= 0.6 is 0 Å². The van der Waals surface area contributed by atoms with E-state index in [0.29, 0.717) is 6.61 Å². The first kappa shape index (κ1) is 61.1. The van der Waals surface area contributed by atoms with Gasteiger partial charge in [-0.2, -0.15) is 0 Å². The predicted octanol–water partition coefficient (Wildman–Crippen LogP) is -0.245. The summed E-state index contributed by atoms with van der Waals surface area (Å²) in [6.45, 7) is 5.11. The van der Waals surface area contributed by atoms with Crippen molar-refractivity contribution in [3.63, 3.8) is 0 Å². The zero-order valence-corrected chi connectivity index (χ0v) is 45.4. The SMILES string of the molecule is CCCCCOc1ccc(-c2ccc(-c3ccc(C(=O)N[C@H]4C[C@@H](O)CNC(=O)C5[C@@H](O)[C@@H](C)CN5C(=O)C([C@@H](C)O)NC(=O)C([C@H](O)[C@@H](O)c5ccc(O)cc5)NC(=O)C5C[C@@H](O)CN5C(=O)C([C@@H](C)O)NC4=O)cc3)cc2)cc1. The zero-order valence-electron chi connectivity index (χ0n) is 45.4. The number of nitrogens with one attached hydrogen (secondary N) is 5. The molecule has 7 rings (SSSR count). The number of β-amino-alcohol motifs (C(OH)–C–C–N with tert-alkyl or cyclic N) is 1. The number of phenols is 1. The number of nitrogens with zero attached hydrogens (tertiary/aromatic N) is 2. The fraction of sp³-hybridized carbons (Fsp3) is 0.466. The number of amides is 7. The maximum atomic E-state index is 14.5. The topological polar surface area (TPSA) is 357 Å². The Kier molecular flexibility index (Phi) is 20.6. The smallest absolute Gasteiger partial charge is 0.251 e. The van der Waals surface area contributed by atoms with Crippen molar-refractivity contribution in [3.8, 4) is 33.8 Å². The van der Waals surface area contributed by atoms with E-state index in [4.69, 9.17) is 4.74 Å². The number of carbonyl (C=O) groups is 7. The number of hydrogen-bond acceptors (Lipinski definition) is 16. The summed E-state index contributed by atoms with van der Waals surface area (Å²) in [5.41, 5.74) is 3.56. The highest BCUT2D eigenvalue weighted by molar-refractivity contribution is 6.00. The van der Waals surface area contributed by atoms with Crippen LogP contribution in [0.5, 0.6) is 11.5 Å². The third-order valence-electron chi connectivity index (χ3n) is 14.9. The van der Waals surface area contributed by atoms with E-state index in [1.807, 2.05) is 48.5 Å². The van der Waals surface area contributed by atoms with E-state index >= 15 is 0 Å². The first-order chi connectivity index (χ1) is 38.6. The van der Waals surface area contributed by atoms with Crippen LogP contribution in [-0.2, 0) is 28.8 Å². The Hall–Kier alpha value is -7.51. The summed E-state index contributed by atoms with van der Waals surface area (Å²) in [6, 6.07) is 15.7.